The second-order valence-electron chi connectivity index (χ2n) is 5.65. The maximum absolute atomic E-state index is 13.6. The van der Waals surface area contributed by atoms with Crippen LogP contribution in [0.2, 0.25) is 0 Å². The number of ether oxygens (including phenoxy) is 1. The van der Waals surface area contributed by atoms with Crippen LogP contribution in [0.15, 0.2) is 66.0 Å². The van der Waals surface area contributed by atoms with Gasteiger partial charge in [0.25, 0.3) is 5.91 Å². The van der Waals surface area contributed by atoms with Crippen molar-refractivity contribution in [2.24, 2.45) is 0 Å². The first kappa shape index (κ1) is 17.2. The summed E-state index contributed by atoms with van der Waals surface area (Å²) >= 11 is 1.57. The lowest BCUT2D eigenvalue weighted by molar-refractivity contribution is -0.123. The van der Waals surface area contributed by atoms with Gasteiger partial charge in [-0.15, -0.1) is 11.3 Å². The van der Waals surface area contributed by atoms with E-state index in [9.17, 15) is 9.18 Å². The molecular formula is C20H18FNO2S. The van der Waals surface area contributed by atoms with Crippen molar-refractivity contribution >= 4 is 17.2 Å². The number of aryl methyl sites for hydroxylation is 1. The summed E-state index contributed by atoms with van der Waals surface area (Å²) in [7, 11) is 0. The number of rotatable bonds is 6. The fraction of sp³-hybridized carbons (Fsp3) is 0.150. The Labute approximate surface area is 150 Å². The number of thiophene rings is 1. The van der Waals surface area contributed by atoms with Crippen LogP contribution in [0.1, 0.15) is 22.0 Å². The molecule has 3 rings (SSSR count). The number of amides is 1. The van der Waals surface area contributed by atoms with Gasteiger partial charge in [-0.3, -0.25) is 4.79 Å². The summed E-state index contributed by atoms with van der Waals surface area (Å²) in [6.45, 7) is 1.78. The average molecular weight is 355 g/mol. The molecular weight excluding hydrogens is 337 g/mol. The van der Waals surface area contributed by atoms with E-state index in [1.165, 1.54) is 12.1 Å². The Morgan fingerprint density at radius 2 is 1.88 bits per heavy atom. The molecule has 0 aliphatic carbocycles. The van der Waals surface area contributed by atoms with Gasteiger partial charge < -0.3 is 10.1 Å². The fourth-order valence-electron chi connectivity index (χ4n) is 2.44. The molecule has 128 valence electrons. The van der Waals surface area contributed by atoms with Crippen LogP contribution in [0.25, 0.3) is 0 Å². The summed E-state index contributed by atoms with van der Waals surface area (Å²) in [5, 5.41) is 4.94. The zero-order valence-corrected chi connectivity index (χ0v) is 14.6. The topological polar surface area (TPSA) is 38.3 Å². The zero-order chi connectivity index (χ0) is 17.6. The average Bonchev–Trinajstić information content (AvgIpc) is 3.14. The van der Waals surface area contributed by atoms with E-state index in [1.54, 1.807) is 23.5 Å². The molecule has 1 atom stereocenters. The summed E-state index contributed by atoms with van der Waals surface area (Å²) in [5.41, 5.74) is 2.15. The van der Waals surface area contributed by atoms with Gasteiger partial charge >= 0.3 is 0 Å². The minimum atomic E-state index is -0.483. The molecule has 25 heavy (non-hydrogen) atoms. The summed E-state index contributed by atoms with van der Waals surface area (Å²) in [5.74, 6) is -0.716. The van der Waals surface area contributed by atoms with E-state index in [0.29, 0.717) is 0 Å². The number of nitrogens with one attached hydrogen (secondary N) is 1. The largest absolute Gasteiger partial charge is 0.481 e. The van der Waals surface area contributed by atoms with E-state index < -0.39 is 5.82 Å². The predicted octanol–water partition coefficient (Wildman–Crippen LogP) is 4.48. The number of halogens is 1. The Hall–Kier alpha value is -2.66. The Balaban J connectivity index is 1.71. The van der Waals surface area contributed by atoms with E-state index in [4.69, 9.17) is 4.74 Å². The Morgan fingerprint density at radius 1 is 1.12 bits per heavy atom. The molecule has 5 heteroatoms. The standard InChI is InChI=1S/C20H18FNO2S/c1-14-8-10-15(11-9-14)20(18-7-4-12-25-18)22-19(23)13-24-17-6-3-2-5-16(17)21/h2-12,20H,13H2,1H3,(H,22,23)/t20-/m0/s1. The third-order valence-electron chi connectivity index (χ3n) is 3.74. The lowest BCUT2D eigenvalue weighted by Crippen LogP contribution is -2.33. The van der Waals surface area contributed by atoms with Gasteiger partial charge in [-0.2, -0.15) is 0 Å². The molecule has 0 spiro atoms. The minimum Gasteiger partial charge on any atom is -0.481 e. The number of para-hydroxylation sites is 1. The second-order valence-corrected chi connectivity index (χ2v) is 6.62. The SMILES string of the molecule is Cc1ccc([C@H](NC(=O)COc2ccccc2F)c2cccs2)cc1. The first-order valence-corrected chi connectivity index (χ1v) is 8.78. The number of benzene rings is 2. The molecule has 1 heterocycles. The van der Waals surface area contributed by atoms with E-state index in [0.717, 1.165) is 16.0 Å². The van der Waals surface area contributed by atoms with Gasteiger partial charge in [0.1, 0.15) is 0 Å². The van der Waals surface area contributed by atoms with Gasteiger partial charge in [-0.1, -0.05) is 48.0 Å². The molecule has 0 saturated carbocycles. The summed E-state index contributed by atoms with van der Waals surface area (Å²) in [6.07, 6.45) is 0. The third kappa shape index (κ3) is 4.45. The number of carbonyl (C=O) groups excluding carboxylic acids is 1. The fourth-order valence-corrected chi connectivity index (χ4v) is 3.24. The van der Waals surface area contributed by atoms with Gasteiger partial charge in [0, 0.05) is 4.88 Å². The normalized spacial score (nSPS) is 11.8. The van der Waals surface area contributed by atoms with Gasteiger partial charge in [0.05, 0.1) is 6.04 Å². The lowest BCUT2D eigenvalue weighted by atomic mass is 10.0. The van der Waals surface area contributed by atoms with Crippen LogP contribution < -0.4 is 10.1 Å². The molecule has 2 aromatic carbocycles. The molecule has 0 aliphatic rings. The molecule has 3 nitrogen and oxygen atoms in total. The molecule has 1 aromatic heterocycles. The maximum Gasteiger partial charge on any atom is 0.258 e. The van der Waals surface area contributed by atoms with E-state index in [1.807, 2.05) is 48.7 Å². The van der Waals surface area contributed by atoms with Crippen LogP contribution in [-0.4, -0.2) is 12.5 Å². The van der Waals surface area contributed by atoms with E-state index >= 15 is 0 Å². The van der Waals surface area contributed by atoms with Crippen molar-refractivity contribution in [2.45, 2.75) is 13.0 Å². The van der Waals surface area contributed by atoms with Crippen molar-refractivity contribution in [2.75, 3.05) is 6.61 Å². The number of carbonyl (C=O) groups is 1. The lowest BCUT2D eigenvalue weighted by Gasteiger charge is -2.18. The molecule has 1 N–H and O–H groups in total. The van der Waals surface area contributed by atoms with Crippen molar-refractivity contribution in [3.8, 4) is 5.75 Å². The van der Waals surface area contributed by atoms with Gasteiger partial charge in [0.15, 0.2) is 18.2 Å². The molecule has 0 unspecified atom stereocenters. The molecule has 0 radical (unpaired) electrons. The minimum absolute atomic E-state index is 0.0701. The molecule has 0 bridgehead atoms. The molecule has 0 fully saturated rings. The molecule has 0 saturated heterocycles. The highest BCUT2D eigenvalue weighted by molar-refractivity contribution is 7.10. The van der Waals surface area contributed by atoms with Crippen LogP contribution in [0, 0.1) is 12.7 Å². The van der Waals surface area contributed by atoms with Crippen molar-refractivity contribution in [3.63, 3.8) is 0 Å². The van der Waals surface area contributed by atoms with Crippen LogP contribution in [0.4, 0.5) is 4.39 Å². The predicted molar refractivity (Wildman–Crippen MR) is 97.4 cm³/mol. The number of hydrogen-bond donors (Lipinski definition) is 1. The summed E-state index contributed by atoms with van der Waals surface area (Å²) < 4.78 is 18.9. The highest BCUT2D eigenvalue weighted by Gasteiger charge is 2.18. The third-order valence-corrected chi connectivity index (χ3v) is 4.68. The van der Waals surface area contributed by atoms with Gasteiger partial charge in [-0.05, 0) is 36.1 Å². The highest BCUT2D eigenvalue weighted by Crippen LogP contribution is 2.26. The number of hydrogen-bond acceptors (Lipinski definition) is 3. The highest BCUT2D eigenvalue weighted by atomic mass is 32.1. The van der Waals surface area contributed by atoms with E-state index in [-0.39, 0.29) is 24.3 Å². The van der Waals surface area contributed by atoms with Crippen molar-refractivity contribution in [1.82, 2.24) is 5.32 Å². The van der Waals surface area contributed by atoms with Crippen LogP contribution in [0.3, 0.4) is 0 Å². The van der Waals surface area contributed by atoms with Gasteiger partial charge in [0.2, 0.25) is 0 Å². The Kier molecular flexibility index (Phi) is 5.46. The first-order valence-electron chi connectivity index (χ1n) is 7.90. The van der Waals surface area contributed by atoms with Crippen molar-refractivity contribution in [1.29, 1.82) is 0 Å². The summed E-state index contributed by atoms with van der Waals surface area (Å²) in [4.78, 5) is 13.4. The van der Waals surface area contributed by atoms with Crippen molar-refractivity contribution in [3.05, 3.63) is 87.9 Å². The van der Waals surface area contributed by atoms with Crippen LogP contribution in [-0.2, 0) is 4.79 Å². The second kappa shape index (κ2) is 7.94. The smallest absolute Gasteiger partial charge is 0.258 e. The maximum atomic E-state index is 13.6. The molecule has 1 amide bonds. The van der Waals surface area contributed by atoms with Gasteiger partial charge in [-0.25, -0.2) is 4.39 Å². The quantitative estimate of drug-likeness (QED) is 0.708. The van der Waals surface area contributed by atoms with E-state index in [2.05, 4.69) is 5.32 Å². The van der Waals surface area contributed by atoms with Crippen LogP contribution >= 0.6 is 11.3 Å². The monoisotopic (exact) mass is 355 g/mol. The molecule has 0 aliphatic heterocycles. The van der Waals surface area contributed by atoms with Crippen molar-refractivity contribution < 1.29 is 13.9 Å². The molecule has 3 aromatic rings. The zero-order valence-electron chi connectivity index (χ0n) is 13.7. The Bertz CT molecular complexity index is 831. The Morgan fingerprint density at radius 3 is 2.56 bits per heavy atom. The summed E-state index contributed by atoms with van der Waals surface area (Å²) in [6, 6.07) is 17.7. The van der Waals surface area contributed by atoms with Crippen LogP contribution in [0.5, 0.6) is 5.75 Å². The first-order chi connectivity index (χ1) is 12.1.